The molecule has 3 N–H and O–H groups in total. The van der Waals surface area contributed by atoms with Gasteiger partial charge < -0.3 is 20.1 Å². The van der Waals surface area contributed by atoms with Crippen molar-refractivity contribution in [1.82, 2.24) is 25.1 Å². The van der Waals surface area contributed by atoms with Crippen LogP contribution in [0.4, 0.5) is 4.79 Å². The number of hydrogen-bond acceptors (Lipinski definition) is 7. The molecule has 0 bridgehead atoms. The maximum absolute atomic E-state index is 14.0. The minimum Gasteiger partial charge on any atom is -0.497 e. The van der Waals surface area contributed by atoms with Gasteiger partial charge in [0.15, 0.2) is 0 Å². The lowest BCUT2D eigenvalue weighted by Crippen LogP contribution is -2.61. The van der Waals surface area contributed by atoms with E-state index in [0.717, 1.165) is 17.5 Å². The van der Waals surface area contributed by atoms with Crippen LogP contribution in [0.25, 0.3) is 0 Å². The van der Waals surface area contributed by atoms with Crippen molar-refractivity contribution in [2.75, 3.05) is 20.2 Å². The van der Waals surface area contributed by atoms with Gasteiger partial charge in [-0.1, -0.05) is 49.4 Å². The SMILES string of the molecule is CCCC(=O)C1(c2ccccc2)CCN(C(=O)[C@@H](Cc2ccc(OC)cc2)NC(O)[C@@H]2Cc3cncn3C(=O)N2)CC1. The smallest absolute Gasteiger partial charge is 0.327 e. The van der Waals surface area contributed by atoms with Crippen molar-refractivity contribution in [1.29, 1.82) is 0 Å². The summed E-state index contributed by atoms with van der Waals surface area (Å²) >= 11 is 0. The Morgan fingerprint density at radius 3 is 2.52 bits per heavy atom. The topological polar surface area (TPSA) is 126 Å². The highest BCUT2D eigenvalue weighted by Gasteiger charge is 2.43. The fraction of sp³-hybridized carbons (Fsp3) is 0.438. The number of piperidine rings is 1. The second-order valence-electron chi connectivity index (χ2n) is 11.2. The van der Waals surface area contributed by atoms with Gasteiger partial charge in [-0.15, -0.1) is 0 Å². The van der Waals surface area contributed by atoms with Crippen molar-refractivity contribution in [3.05, 3.63) is 83.9 Å². The Balaban J connectivity index is 1.34. The summed E-state index contributed by atoms with van der Waals surface area (Å²) in [7, 11) is 1.60. The number of nitrogens with zero attached hydrogens (tertiary/aromatic N) is 3. The molecule has 2 aliphatic heterocycles. The van der Waals surface area contributed by atoms with E-state index in [1.807, 2.05) is 61.5 Å². The number of imidazole rings is 1. The van der Waals surface area contributed by atoms with Crippen molar-refractivity contribution in [2.45, 2.75) is 69.2 Å². The molecular formula is C32H39N5O5. The molecule has 2 amide bonds. The summed E-state index contributed by atoms with van der Waals surface area (Å²) in [6, 6.07) is 15.6. The zero-order valence-corrected chi connectivity index (χ0v) is 24.2. The Kier molecular flexibility index (Phi) is 9.03. The largest absolute Gasteiger partial charge is 0.497 e. The molecule has 10 heteroatoms. The number of aliphatic hydroxyl groups is 1. The van der Waals surface area contributed by atoms with Crippen LogP contribution < -0.4 is 15.4 Å². The van der Waals surface area contributed by atoms with Crippen LogP contribution in [0.3, 0.4) is 0 Å². The molecule has 1 aromatic heterocycles. The van der Waals surface area contributed by atoms with Gasteiger partial charge in [0.05, 0.1) is 24.6 Å². The van der Waals surface area contributed by atoms with E-state index in [-0.39, 0.29) is 17.7 Å². The van der Waals surface area contributed by atoms with Gasteiger partial charge in [-0.2, -0.15) is 0 Å². The maximum Gasteiger partial charge on any atom is 0.327 e. The lowest BCUT2D eigenvalue weighted by Gasteiger charge is -2.42. The van der Waals surface area contributed by atoms with Gasteiger partial charge in [-0.25, -0.2) is 9.78 Å². The highest BCUT2D eigenvalue weighted by molar-refractivity contribution is 5.91. The fourth-order valence-corrected chi connectivity index (χ4v) is 6.17. The van der Waals surface area contributed by atoms with Crippen molar-refractivity contribution in [3.8, 4) is 5.75 Å². The lowest BCUT2D eigenvalue weighted by atomic mass is 9.68. The Morgan fingerprint density at radius 1 is 1.14 bits per heavy atom. The van der Waals surface area contributed by atoms with Gasteiger partial charge in [0.25, 0.3) is 0 Å². The van der Waals surface area contributed by atoms with Crippen molar-refractivity contribution in [2.24, 2.45) is 0 Å². The van der Waals surface area contributed by atoms with Gasteiger partial charge in [0.2, 0.25) is 5.91 Å². The van der Waals surface area contributed by atoms with Gasteiger partial charge >= 0.3 is 6.03 Å². The average molecular weight is 574 g/mol. The highest BCUT2D eigenvalue weighted by atomic mass is 16.5. The van der Waals surface area contributed by atoms with Crippen LogP contribution in [-0.2, 0) is 27.8 Å². The molecule has 10 nitrogen and oxygen atoms in total. The standard InChI is InChI=1S/C32H39N5O5/c1-3-7-28(38)32(23-8-5-4-6-9-23)14-16-36(17-15-32)30(40)27(18-22-10-12-25(42-2)13-11-22)34-29(39)26-19-24-20-33-21-37(24)31(41)35-26/h4-6,8-13,20-21,26-27,29,34,39H,3,7,14-19H2,1-2H3,(H,35,41)/t26-,27+,29?/m0/s1. The number of aromatic nitrogens is 2. The molecule has 2 aromatic carbocycles. The zero-order valence-electron chi connectivity index (χ0n) is 24.2. The van der Waals surface area contributed by atoms with Gasteiger partial charge in [0, 0.05) is 37.8 Å². The number of likely N-dealkylation sites (tertiary alicyclic amines) is 1. The van der Waals surface area contributed by atoms with Crippen molar-refractivity contribution >= 4 is 17.7 Å². The molecular weight excluding hydrogens is 534 g/mol. The molecule has 0 aliphatic carbocycles. The summed E-state index contributed by atoms with van der Waals surface area (Å²) in [6.45, 7) is 2.87. The van der Waals surface area contributed by atoms with Crippen LogP contribution >= 0.6 is 0 Å². The number of ketones is 1. The van der Waals surface area contributed by atoms with E-state index in [9.17, 15) is 19.5 Å². The van der Waals surface area contributed by atoms with Crippen LogP contribution in [0.15, 0.2) is 67.1 Å². The van der Waals surface area contributed by atoms with E-state index in [0.29, 0.717) is 56.6 Å². The highest BCUT2D eigenvalue weighted by Crippen LogP contribution is 2.38. The number of ether oxygens (including phenoxy) is 1. The second-order valence-corrected chi connectivity index (χ2v) is 11.2. The molecule has 222 valence electrons. The van der Waals surface area contributed by atoms with Gasteiger partial charge in [-0.05, 0) is 48.9 Å². The Bertz CT molecular complexity index is 1380. The third kappa shape index (κ3) is 6.10. The first-order chi connectivity index (χ1) is 20.3. The predicted octanol–water partition coefficient (Wildman–Crippen LogP) is 2.82. The van der Waals surface area contributed by atoms with Crippen LogP contribution in [-0.4, -0.2) is 75.8 Å². The van der Waals surface area contributed by atoms with E-state index < -0.39 is 23.7 Å². The molecule has 42 heavy (non-hydrogen) atoms. The summed E-state index contributed by atoms with van der Waals surface area (Å²) in [5.74, 6) is 0.779. The number of benzene rings is 2. The number of amides is 2. The van der Waals surface area contributed by atoms with Crippen molar-refractivity contribution < 1.29 is 24.2 Å². The number of nitrogens with one attached hydrogen (secondary N) is 2. The summed E-state index contributed by atoms with van der Waals surface area (Å²) in [4.78, 5) is 45.8. The summed E-state index contributed by atoms with van der Waals surface area (Å²) < 4.78 is 6.69. The first kappa shape index (κ1) is 29.5. The number of methoxy groups -OCH3 is 1. The quantitative estimate of drug-likeness (QED) is 0.301. The van der Waals surface area contributed by atoms with Gasteiger partial charge in [-0.3, -0.25) is 19.5 Å². The molecule has 1 unspecified atom stereocenters. The summed E-state index contributed by atoms with van der Waals surface area (Å²) in [5.41, 5.74) is 1.98. The first-order valence-electron chi connectivity index (χ1n) is 14.6. The molecule has 0 spiro atoms. The minimum absolute atomic E-state index is 0.151. The monoisotopic (exact) mass is 573 g/mol. The summed E-state index contributed by atoms with van der Waals surface area (Å²) in [5, 5.41) is 17.1. The van der Waals surface area contributed by atoms with Crippen LogP contribution in [0, 0.1) is 0 Å². The van der Waals surface area contributed by atoms with Crippen LogP contribution in [0.1, 0.15) is 49.4 Å². The van der Waals surface area contributed by atoms with Gasteiger partial charge in [0.1, 0.15) is 24.1 Å². The van der Waals surface area contributed by atoms with Crippen LogP contribution in [0.5, 0.6) is 5.75 Å². The molecule has 0 saturated carbocycles. The molecule has 1 fully saturated rings. The Labute approximate surface area is 246 Å². The first-order valence-corrected chi connectivity index (χ1v) is 14.6. The number of fused-ring (bicyclic) bond motifs is 1. The number of carbonyl (C=O) groups excluding carboxylic acids is 3. The molecule has 3 atom stereocenters. The molecule has 3 heterocycles. The maximum atomic E-state index is 14.0. The van der Waals surface area contributed by atoms with Crippen LogP contribution in [0.2, 0.25) is 0 Å². The Hall–Kier alpha value is -4.02. The third-order valence-electron chi connectivity index (χ3n) is 8.59. The van der Waals surface area contributed by atoms with E-state index in [4.69, 9.17) is 4.74 Å². The molecule has 0 radical (unpaired) electrons. The normalized spacial score (nSPS) is 19.4. The molecule has 3 aromatic rings. The molecule has 5 rings (SSSR count). The minimum atomic E-state index is -1.18. The lowest BCUT2D eigenvalue weighted by molar-refractivity contribution is -0.139. The predicted molar refractivity (Wildman–Crippen MR) is 157 cm³/mol. The third-order valence-corrected chi connectivity index (χ3v) is 8.59. The number of aliphatic hydroxyl groups excluding tert-OH is 1. The van der Waals surface area contributed by atoms with E-state index in [2.05, 4.69) is 15.6 Å². The molecule has 1 saturated heterocycles. The van der Waals surface area contributed by atoms with E-state index in [1.165, 1.54) is 10.9 Å². The second kappa shape index (κ2) is 12.9. The van der Waals surface area contributed by atoms with E-state index >= 15 is 0 Å². The fourth-order valence-electron chi connectivity index (χ4n) is 6.17. The Morgan fingerprint density at radius 2 is 1.86 bits per heavy atom. The molecule has 2 aliphatic rings. The van der Waals surface area contributed by atoms with E-state index in [1.54, 1.807) is 18.2 Å². The summed E-state index contributed by atoms with van der Waals surface area (Å²) in [6.07, 6.45) is 4.93. The number of rotatable bonds is 11. The van der Waals surface area contributed by atoms with Crippen molar-refractivity contribution in [3.63, 3.8) is 0 Å². The number of carbonyl (C=O) groups is 3. The average Bonchev–Trinajstić information content (AvgIpc) is 3.51. The number of hydrogen-bond donors (Lipinski definition) is 3. The number of Topliss-reactive ketones (excluding diaryl/α,β-unsaturated/α-hetero) is 1. The zero-order chi connectivity index (χ0) is 29.7.